The van der Waals surface area contributed by atoms with Gasteiger partial charge in [0.25, 0.3) is 0 Å². The Bertz CT molecular complexity index is 195. The molecule has 0 aromatic heterocycles. The highest BCUT2D eigenvalue weighted by Crippen LogP contribution is 2.24. The molecule has 1 fully saturated rings. The van der Waals surface area contributed by atoms with Crippen LogP contribution in [0.1, 0.15) is 33.6 Å². The van der Waals surface area contributed by atoms with E-state index >= 15 is 0 Å². The largest absolute Gasteiger partial charge is 0.355 e. The van der Waals surface area contributed by atoms with Gasteiger partial charge in [-0.25, -0.2) is 0 Å². The summed E-state index contributed by atoms with van der Waals surface area (Å²) in [6.07, 6.45) is 2.42. The second-order valence-corrected chi connectivity index (χ2v) is 4.96. The van der Waals surface area contributed by atoms with Crippen molar-refractivity contribution in [3.8, 4) is 0 Å². The summed E-state index contributed by atoms with van der Waals surface area (Å²) >= 11 is 0. The van der Waals surface area contributed by atoms with E-state index in [1.54, 1.807) is 0 Å². The third-order valence-corrected chi connectivity index (χ3v) is 2.90. The van der Waals surface area contributed by atoms with Crippen molar-refractivity contribution in [1.29, 1.82) is 0 Å². The third-order valence-electron chi connectivity index (χ3n) is 2.90. The van der Waals surface area contributed by atoms with Gasteiger partial charge in [-0.1, -0.05) is 20.8 Å². The second kappa shape index (κ2) is 4.78. The van der Waals surface area contributed by atoms with Crippen molar-refractivity contribution < 1.29 is 4.79 Å². The van der Waals surface area contributed by atoms with Crippen LogP contribution in [0.2, 0.25) is 0 Å². The molecule has 82 valence electrons. The molecular formula is C11H22N2O. The molecule has 1 heterocycles. The van der Waals surface area contributed by atoms with E-state index < -0.39 is 0 Å². The second-order valence-electron chi connectivity index (χ2n) is 4.96. The van der Waals surface area contributed by atoms with E-state index in [4.69, 9.17) is 0 Å². The Kier molecular flexibility index (Phi) is 3.93. The van der Waals surface area contributed by atoms with Crippen LogP contribution in [-0.2, 0) is 4.79 Å². The lowest BCUT2D eigenvalue weighted by molar-refractivity contribution is -0.124. The molecule has 0 spiro atoms. The summed E-state index contributed by atoms with van der Waals surface area (Å²) in [5, 5.41) is 6.39. The van der Waals surface area contributed by atoms with Gasteiger partial charge in [0.2, 0.25) is 5.91 Å². The Hall–Kier alpha value is -0.570. The Balaban J connectivity index is 2.32. The normalized spacial score (nSPS) is 27.7. The summed E-state index contributed by atoms with van der Waals surface area (Å²) in [6, 6.07) is 0. The van der Waals surface area contributed by atoms with Crippen molar-refractivity contribution in [2.75, 3.05) is 19.6 Å². The van der Waals surface area contributed by atoms with Crippen molar-refractivity contribution in [1.82, 2.24) is 10.6 Å². The van der Waals surface area contributed by atoms with E-state index in [9.17, 15) is 4.79 Å². The standard InChI is InChI=1S/C11H22N2O/c1-9(2)10(14)13-8-11(3)5-4-6-12-7-11/h9,12H,4-8H2,1-3H3,(H,13,14). The molecule has 1 amide bonds. The van der Waals surface area contributed by atoms with Gasteiger partial charge in [0.1, 0.15) is 0 Å². The van der Waals surface area contributed by atoms with Gasteiger partial charge in [-0.3, -0.25) is 4.79 Å². The molecule has 0 aromatic rings. The topological polar surface area (TPSA) is 41.1 Å². The van der Waals surface area contributed by atoms with Gasteiger partial charge < -0.3 is 10.6 Å². The quantitative estimate of drug-likeness (QED) is 0.714. The van der Waals surface area contributed by atoms with Crippen LogP contribution < -0.4 is 10.6 Å². The monoisotopic (exact) mass is 198 g/mol. The molecule has 0 bridgehead atoms. The molecular weight excluding hydrogens is 176 g/mol. The lowest BCUT2D eigenvalue weighted by Gasteiger charge is -2.34. The number of amides is 1. The third kappa shape index (κ3) is 3.29. The maximum absolute atomic E-state index is 11.4. The van der Waals surface area contributed by atoms with Crippen molar-refractivity contribution in [3.63, 3.8) is 0 Å². The van der Waals surface area contributed by atoms with Gasteiger partial charge >= 0.3 is 0 Å². The zero-order valence-corrected chi connectivity index (χ0v) is 9.52. The SMILES string of the molecule is CC(C)C(=O)NCC1(C)CCCNC1. The van der Waals surface area contributed by atoms with Gasteiger partial charge in [-0.05, 0) is 24.8 Å². The molecule has 1 rings (SSSR count). The molecule has 2 N–H and O–H groups in total. The summed E-state index contributed by atoms with van der Waals surface area (Å²) < 4.78 is 0. The number of hydrogen-bond donors (Lipinski definition) is 2. The molecule has 3 heteroatoms. The Morgan fingerprint density at radius 3 is 2.79 bits per heavy atom. The minimum atomic E-state index is 0.0927. The fraction of sp³-hybridized carbons (Fsp3) is 0.909. The highest BCUT2D eigenvalue weighted by molar-refractivity contribution is 5.77. The van der Waals surface area contributed by atoms with E-state index in [1.807, 2.05) is 13.8 Å². The van der Waals surface area contributed by atoms with E-state index in [-0.39, 0.29) is 17.2 Å². The molecule has 0 aromatic carbocycles. The van der Waals surface area contributed by atoms with Crippen LogP contribution in [0.25, 0.3) is 0 Å². The van der Waals surface area contributed by atoms with Gasteiger partial charge in [0.15, 0.2) is 0 Å². The molecule has 1 unspecified atom stereocenters. The first-order chi connectivity index (χ1) is 6.53. The summed E-state index contributed by atoms with van der Waals surface area (Å²) in [4.78, 5) is 11.4. The van der Waals surface area contributed by atoms with Crippen molar-refractivity contribution in [2.45, 2.75) is 33.6 Å². The highest BCUT2D eigenvalue weighted by Gasteiger charge is 2.27. The fourth-order valence-electron chi connectivity index (χ4n) is 1.77. The molecule has 1 saturated heterocycles. The summed E-state index contributed by atoms with van der Waals surface area (Å²) in [6.45, 7) is 9.03. The van der Waals surface area contributed by atoms with Gasteiger partial charge in [-0.2, -0.15) is 0 Å². The van der Waals surface area contributed by atoms with Crippen LogP contribution >= 0.6 is 0 Å². The molecule has 3 nitrogen and oxygen atoms in total. The highest BCUT2D eigenvalue weighted by atomic mass is 16.1. The zero-order valence-electron chi connectivity index (χ0n) is 9.52. The summed E-state index contributed by atoms with van der Waals surface area (Å²) in [5.41, 5.74) is 0.253. The van der Waals surface area contributed by atoms with Crippen LogP contribution in [0.5, 0.6) is 0 Å². The number of carbonyl (C=O) groups is 1. The predicted molar refractivity (Wildman–Crippen MR) is 58.1 cm³/mol. The number of piperidine rings is 1. The smallest absolute Gasteiger partial charge is 0.222 e. The first-order valence-electron chi connectivity index (χ1n) is 5.52. The van der Waals surface area contributed by atoms with E-state index in [0.29, 0.717) is 0 Å². The lowest BCUT2D eigenvalue weighted by atomic mass is 9.83. The van der Waals surface area contributed by atoms with E-state index in [1.165, 1.54) is 12.8 Å². The average molecular weight is 198 g/mol. The van der Waals surface area contributed by atoms with Crippen LogP contribution in [0.4, 0.5) is 0 Å². The minimum Gasteiger partial charge on any atom is -0.355 e. The number of nitrogens with one attached hydrogen (secondary N) is 2. The van der Waals surface area contributed by atoms with Gasteiger partial charge in [0.05, 0.1) is 0 Å². The zero-order chi connectivity index (χ0) is 10.6. The Morgan fingerprint density at radius 2 is 2.29 bits per heavy atom. The molecule has 1 atom stereocenters. The minimum absolute atomic E-state index is 0.0927. The van der Waals surface area contributed by atoms with E-state index in [2.05, 4.69) is 17.6 Å². The molecule has 1 aliphatic rings. The Labute approximate surface area is 86.6 Å². The maximum Gasteiger partial charge on any atom is 0.222 e. The predicted octanol–water partition coefficient (Wildman–Crippen LogP) is 1.15. The molecule has 0 radical (unpaired) electrons. The average Bonchev–Trinajstić information content (AvgIpc) is 2.15. The van der Waals surface area contributed by atoms with Crippen LogP contribution in [0.3, 0.4) is 0 Å². The van der Waals surface area contributed by atoms with Crippen LogP contribution in [0, 0.1) is 11.3 Å². The summed E-state index contributed by atoms with van der Waals surface area (Å²) in [7, 11) is 0. The first-order valence-corrected chi connectivity index (χ1v) is 5.52. The molecule has 0 saturated carbocycles. The molecule has 0 aliphatic carbocycles. The maximum atomic E-state index is 11.4. The molecule has 1 aliphatic heterocycles. The van der Waals surface area contributed by atoms with Crippen LogP contribution in [0.15, 0.2) is 0 Å². The fourth-order valence-corrected chi connectivity index (χ4v) is 1.77. The van der Waals surface area contributed by atoms with Crippen molar-refractivity contribution >= 4 is 5.91 Å². The van der Waals surface area contributed by atoms with Gasteiger partial charge in [0, 0.05) is 19.0 Å². The number of carbonyl (C=O) groups excluding carboxylic acids is 1. The van der Waals surface area contributed by atoms with Crippen molar-refractivity contribution in [2.24, 2.45) is 11.3 Å². The number of hydrogen-bond acceptors (Lipinski definition) is 2. The lowest BCUT2D eigenvalue weighted by Crippen LogP contribution is -2.46. The number of rotatable bonds is 3. The van der Waals surface area contributed by atoms with Crippen molar-refractivity contribution in [3.05, 3.63) is 0 Å². The van der Waals surface area contributed by atoms with E-state index in [0.717, 1.165) is 19.6 Å². The summed E-state index contributed by atoms with van der Waals surface area (Å²) in [5.74, 6) is 0.256. The van der Waals surface area contributed by atoms with Gasteiger partial charge in [-0.15, -0.1) is 0 Å². The molecule has 14 heavy (non-hydrogen) atoms. The Morgan fingerprint density at radius 1 is 1.57 bits per heavy atom. The van der Waals surface area contributed by atoms with Crippen LogP contribution in [-0.4, -0.2) is 25.5 Å². The first kappa shape index (κ1) is 11.5.